The molecular formula is C16H21FeNS+2. The molecule has 1 heterocycles. The molecule has 1 nitrogen and oxygen atoms in total. The molecule has 2 aliphatic carbocycles. The zero-order valence-electron chi connectivity index (χ0n) is 11.4. The summed E-state index contributed by atoms with van der Waals surface area (Å²) < 4.78 is 0. The van der Waals surface area contributed by atoms with Crippen LogP contribution in [0.25, 0.3) is 0 Å². The van der Waals surface area contributed by atoms with Crippen LogP contribution < -0.4 is 5.32 Å². The fraction of sp³-hybridized carbons (Fsp3) is 0.375. The molecule has 1 N–H and O–H groups in total. The smallest absolute Gasteiger partial charge is 0.312 e. The minimum Gasteiger partial charge on any atom is -0.312 e. The van der Waals surface area contributed by atoms with E-state index in [1.807, 2.05) is 43.9 Å². The molecule has 0 unspecified atom stereocenters. The SMILES string of the molecule is CC(C)[C@H]1CS[C]2[CH][CH][CH][C]2CN1.[CH]1[CH][CH][CH][CH]1.[Fe+2]. The van der Waals surface area contributed by atoms with Crippen LogP contribution in [0, 0.1) is 68.5 Å². The average molecular weight is 315 g/mol. The Hall–Kier alpha value is 0.829. The summed E-state index contributed by atoms with van der Waals surface area (Å²) in [6, 6.07) is 0.664. The number of rotatable bonds is 1. The molecule has 0 spiro atoms. The van der Waals surface area contributed by atoms with Gasteiger partial charge in [0, 0.05) is 29.5 Å². The molecule has 102 valence electrons. The molecule has 3 heteroatoms. The van der Waals surface area contributed by atoms with E-state index in [1.165, 1.54) is 16.9 Å². The standard InChI is InChI=1S/C11H16NS.C5H5.Fe/c1-8(2)10-7-13-11-5-3-4-9(11)6-12-10;1-2-4-5-3-1;/h3-5,8,10,12H,6-7H2,1-2H3;1-5H;/q;;+2/t10-;;/m1../s1. The second-order valence-corrected chi connectivity index (χ2v) is 5.98. The molecule has 0 aromatic carbocycles. The van der Waals surface area contributed by atoms with Crippen LogP contribution >= 0.6 is 11.8 Å². The van der Waals surface area contributed by atoms with Crippen molar-refractivity contribution in [1.29, 1.82) is 0 Å². The van der Waals surface area contributed by atoms with Crippen LogP contribution in [-0.2, 0) is 17.1 Å². The van der Waals surface area contributed by atoms with Gasteiger partial charge in [-0.15, -0.1) is 0 Å². The van der Waals surface area contributed by atoms with Crippen LogP contribution in [0.3, 0.4) is 0 Å². The van der Waals surface area contributed by atoms with E-state index in [0.29, 0.717) is 6.04 Å². The van der Waals surface area contributed by atoms with Gasteiger partial charge in [0.25, 0.3) is 0 Å². The first-order valence-corrected chi connectivity index (χ1v) is 7.53. The Morgan fingerprint density at radius 3 is 2.26 bits per heavy atom. The average Bonchev–Trinajstić information content (AvgIpc) is 3.01. The zero-order chi connectivity index (χ0) is 12.8. The first-order chi connectivity index (χ1) is 8.77. The van der Waals surface area contributed by atoms with Crippen molar-refractivity contribution < 1.29 is 17.1 Å². The Balaban J connectivity index is 0.000000256. The van der Waals surface area contributed by atoms with Gasteiger partial charge in [-0.3, -0.25) is 0 Å². The van der Waals surface area contributed by atoms with Crippen LogP contribution in [0.1, 0.15) is 13.8 Å². The molecule has 0 aromatic heterocycles. The molecule has 19 heavy (non-hydrogen) atoms. The number of thioether (sulfide) groups is 1. The van der Waals surface area contributed by atoms with Crippen LogP contribution in [-0.4, -0.2) is 18.3 Å². The van der Waals surface area contributed by atoms with Crippen LogP contribution in [0.4, 0.5) is 0 Å². The van der Waals surface area contributed by atoms with Gasteiger partial charge in [0.1, 0.15) is 0 Å². The maximum Gasteiger partial charge on any atom is 2.00 e. The van der Waals surface area contributed by atoms with Gasteiger partial charge in [-0.05, 0) is 57.3 Å². The fourth-order valence-corrected chi connectivity index (χ4v) is 3.32. The summed E-state index contributed by atoms with van der Waals surface area (Å²) in [5.74, 6) is 3.40. The molecule has 3 aliphatic rings. The van der Waals surface area contributed by atoms with Crippen molar-refractivity contribution in [1.82, 2.24) is 5.32 Å². The minimum atomic E-state index is 0. The predicted molar refractivity (Wildman–Crippen MR) is 80.0 cm³/mol. The molecule has 1 saturated heterocycles. The summed E-state index contributed by atoms with van der Waals surface area (Å²) in [7, 11) is 0. The Bertz CT molecular complexity index is 209. The van der Waals surface area contributed by atoms with Gasteiger partial charge in [-0.1, -0.05) is 13.8 Å². The van der Waals surface area contributed by atoms with Crippen molar-refractivity contribution in [3.05, 3.63) is 62.5 Å². The maximum atomic E-state index is 3.60. The van der Waals surface area contributed by atoms with Crippen molar-refractivity contribution in [3.63, 3.8) is 0 Å². The van der Waals surface area contributed by atoms with Crippen molar-refractivity contribution in [2.24, 2.45) is 5.92 Å². The first kappa shape index (κ1) is 17.9. The molecule has 2 saturated carbocycles. The second kappa shape index (κ2) is 9.71. The molecule has 0 amide bonds. The normalized spacial score (nSPS) is 28.3. The van der Waals surface area contributed by atoms with Gasteiger partial charge in [-0.25, -0.2) is 0 Å². The summed E-state index contributed by atoms with van der Waals surface area (Å²) in [4.78, 5) is 0. The fourth-order valence-electron chi connectivity index (χ4n) is 1.96. The third kappa shape index (κ3) is 5.99. The Morgan fingerprint density at radius 1 is 1.05 bits per heavy atom. The zero-order valence-corrected chi connectivity index (χ0v) is 13.4. The van der Waals surface area contributed by atoms with E-state index in [1.54, 1.807) is 0 Å². The van der Waals surface area contributed by atoms with E-state index < -0.39 is 0 Å². The maximum absolute atomic E-state index is 3.60. The number of hydrogen-bond acceptors (Lipinski definition) is 2. The van der Waals surface area contributed by atoms with Gasteiger partial charge in [0.2, 0.25) is 0 Å². The minimum absolute atomic E-state index is 0. The van der Waals surface area contributed by atoms with Crippen LogP contribution in [0.5, 0.6) is 0 Å². The van der Waals surface area contributed by atoms with E-state index in [2.05, 4.69) is 38.4 Å². The predicted octanol–water partition coefficient (Wildman–Crippen LogP) is 3.10. The monoisotopic (exact) mass is 315 g/mol. The molecule has 1 aliphatic heterocycles. The summed E-state index contributed by atoms with van der Waals surface area (Å²) in [6.45, 7) is 5.61. The molecule has 1 atom stereocenters. The number of hydrogen-bond donors (Lipinski definition) is 1. The van der Waals surface area contributed by atoms with E-state index in [4.69, 9.17) is 0 Å². The largest absolute Gasteiger partial charge is 2.00 e. The quantitative estimate of drug-likeness (QED) is 0.746. The molecule has 0 bridgehead atoms. The van der Waals surface area contributed by atoms with E-state index in [0.717, 1.165) is 12.5 Å². The van der Waals surface area contributed by atoms with Gasteiger partial charge in [-0.2, -0.15) is 11.8 Å². The molecule has 10 radical (unpaired) electrons. The molecule has 3 fully saturated rings. The Labute approximate surface area is 134 Å². The third-order valence-electron chi connectivity index (χ3n) is 3.19. The number of fused-ring (bicyclic) bond motifs is 1. The van der Waals surface area contributed by atoms with Gasteiger partial charge < -0.3 is 5.32 Å². The van der Waals surface area contributed by atoms with Crippen molar-refractivity contribution >= 4 is 11.8 Å². The van der Waals surface area contributed by atoms with Crippen molar-refractivity contribution in [2.75, 3.05) is 12.3 Å². The van der Waals surface area contributed by atoms with E-state index in [-0.39, 0.29) is 17.1 Å². The van der Waals surface area contributed by atoms with Crippen LogP contribution in [0.15, 0.2) is 0 Å². The van der Waals surface area contributed by atoms with Crippen molar-refractivity contribution in [2.45, 2.75) is 19.9 Å². The van der Waals surface area contributed by atoms with E-state index >= 15 is 0 Å². The summed E-state index contributed by atoms with van der Waals surface area (Å²) in [5.41, 5.74) is 0. The summed E-state index contributed by atoms with van der Waals surface area (Å²) in [5, 5.41) is 5.07. The Kier molecular flexibility index (Phi) is 9.14. The molecular weight excluding hydrogens is 294 g/mol. The first-order valence-electron chi connectivity index (χ1n) is 6.55. The summed E-state index contributed by atoms with van der Waals surface area (Å²) in [6.07, 6.45) is 16.6. The topological polar surface area (TPSA) is 12.0 Å². The Morgan fingerprint density at radius 2 is 1.68 bits per heavy atom. The van der Waals surface area contributed by atoms with Gasteiger partial charge >= 0.3 is 17.1 Å². The van der Waals surface area contributed by atoms with Crippen molar-refractivity contribution in [3.8, 4) is 0 Å². The molecule has 0 aromatic rings. The summed E-state index contributed by atoms with van der Waals surface area (Å²) >= 11 is 1.99. The number of nitrogens with one attached hydrogen (secondary N) is 1. The van der Waals surface area contributed by atoms with E-state index in [9.17, 15) is 0 Å². The van der Waals surface area contributed by atoms with Crippen LogP contribution in [0.2, 0.25) is 0 Å². The van der Waals surface area contributed by atoms with Gasteiger partial charge in [0.05, 0.1) is 0 Å². The van der Waals surface area contributed by atoms with Gasteiger partial charge in [0.15, 0.2) is 0 Å². The third-order valence-corrected chi connectivity index (χ3v) is 4.43. The molecule has 3 rings (SSSR count). The second-order valence-electron chi connectivity index (χ2n) is 4.92.